The molecular formula is C11H12Cl2O3. The number of hydrogen-bond acceptors (Lipinski definition) is 2. The van der Waals surface area contributed by atoms with Gasteiger partial charge in [-0.05, 0) is 18.6 Å². The molecule has 1 rings (SSSR count). The predicted octanol–water partition coefficient (Wildman–Crippen LogP) is 3.41. The Morgan fingerprint density at radius 1 is 1.44 bits per heavy atom. The first-order valence-electron chi connectivity index (χ1n) is 4.87. The standard InChI is InChI=1S/C11H12Cl2O3/c1-2-3-16-11-7(5-10(14)15)4-8(12)6-9(11)13/h4,6H,2-3,5H2,1H3,(H,14,15). The van der Waals surface area contributed by atoms with Gasteiger partial charge in [-0.25, -0.2) is 0 Å². The summed E-state index contributed by atoms with van der Waals surface area (Å²) in [5.41, 5.74) is 0.499. The fourth-order valence-corrected chi connectivity index (χ4v) is 1.86. The van der Waals surface area contributed by atoms with Crippen molar-refractivity contribution in [3.8, 4) is 5.75 Å². The smallest absolute Gasteiger partial charge is 0.307 e. The minimum Gasteiger partial charge on any atom is -0.492 e. The van der Waals surface area contributed by atoms with Crippen molar-refractivity contribution >= 4 is 29.2 Å². The molecule has 0 aromatic heterocycles. The van der Waals surface area contributed by atoms with Crippen LogP contribution in [0.3, 0.4) is 0 Å². The van der Waals surface area contributed by atoms with Crippen LogP contribution in [0, 0.1) is 0 Å². The van der Waals surface area contributed by atoms with Crippen LogP contribution in [0.1, 0.15) is 18.9 Å². The first-order valence-corrected chi connectivity index (χ1v) is 5.62. The van der Waals surface area contributed by atoms with E-state index in [4.69, 9.17) is 33.0 Å². The van der Waals surface area contributed by atoms with Crippen molar-refractivity contribution in [1.29, 1.82) is 0 Å². The van der Waals surface area contributed by atoms with Crippen molar-refractivity contribution in [2.75, 3.05) is 6.61 Å². The number of aliphatic carboxylic acids is 1. The van der Waals surface area contributed by atoms with Crippen molar-refractivity contribution in [1.82, 2.24) is 0 Å². The molecule has 0 saturated heterocycles. The maximum atomic E-state index is 10.7. The summed E-state index contributed by atoms with van der Waals surface area (Å²) in [6, 6.07) is 3.10. The highest BCUT2D eigenvalue weighted by Crippen LogP contribution is 2.32. The van der Waals surface area contributed by atoms with Gasteiger partial charge in [-0.15, -0.1) is 0 Å². The van der Waals surface area contributed by atoms with E-state index in [1.165, 1.54) is 0 Å². The third-order valence-corrected chi connectivity index (χ3v) is 2.38. The number of rotatable bonds is 5. The van der Waals surface area contributed by atoms with Gasteiger partial charge >= 0.3 is 5.97 Å². The predicted molar refractivity (Wildman–Crippen MR) is 63.6 cm³/mol. The molecule has 0 heterocycles. The highest BCUT2D eigenvalue weighted by Gasteiger charge is 2.13. The third kappa shape index (κ3) is 3.58. The first-order chi connectivity index (χ1) is 7.54. The molecule has 0 aliphatic carbocycles. The minimum absolute atomic E-state index is 0.153. The van der Waals surface area contributed by atoms with Gasteiger partial charge in [-0.2, -0.15) is 0 Å². The number of carbonyl (C=O) groups is 1. The highest BCUT2D eigenvalue weighted by atomic mass is 35.5. The van der Waals surface area contributed by atoms with Crippen LogP contribution in [-0.2, 0) is 11.2 Å². The summed E-state index contributed by atoms with van der Waals surface area (Å²) in [6.07, 6.45) is 0.671. The molecule has 1 aromatic rings. The van der Waals surface area contributed by atoms with Crippen molar-refractivity contribution < 1.29 is 14.6 Å². The molecule has 5 heteroatoms. The Morgan fingerprint density at radius 3 is 2.69 bits per heavy atom. The number of halogens is 2. The van der Waals surface area contributed by atoms with Gasteiger partial charge in [-0.3, -0.25) is 4.79 Å². The van der Waals surface area contributed by atoms with Gasteiger partial charge in [0.05, 0.1) is 18.1 Å². The number of ether oxygens (including phenoxy) is 1. The summed E-state index contributed by atoms with van der Waals surface area (Å²) in [7, 11) is 0. The van der Waals surface area contributed by atoms with E-state index in [9.17, 15) is 4.79 Å². The zero-order valence-corrected chi connectivity index (χ0v) is 10.3. The van der Waals surface area contributed by atoms with Crippen LogP contribution in [0.2, 0.25) is 10.0 Å². The van der Waals surface area contributed by atoms with Gasteiger partial charge < -0.3 is 9.84 Å². The maximum Gasteiger partial charge on any atom is 0.307 e. The normalized spacial score (nSPS) is 10.2. The van der Waals surface area contributed by atoms with Crippen molar-refractivity contribution in [2.24, 2.45) is 0 Å². The van der Waals surface area contributed by atoms with E-state index in [1.807, 2.05) is 6.92 Å². The average molecular weight is 263 g/mol. The zero-order valence-electron chi connectivity index (χ0n) is 8.80. The van der Waals surface area contributed by atoms with Crippen LogP contribution in [0.15, 0.2) is 12.1 Å². The molecule has 0 atom stereocenters. The second kappa shape index (κ2) is 5.97. The summed E-state index contributed by atoms with van der Waals surface area (Å²) in [5.74, 6) is -0.532. The summed E-state index contributed by atoms with van der Waals surface area (Å²) in [6.45, 7) is 2.45. The van der Waals surface area contributed by atoms with E-state index < -0.39 is 5.97 Å². The Kier molecular flexibility index (Phi) is 4.90. The second-order valence-electron chi connectivity index (χ2n) is 3.29. The lowest BCUT2D eigenvalue weighted by Crippen LogP contribution is -2.05. The SMILES string of the molecule is CCCOc1c(Cl)cc(Cl)cc1CC(=O)O. The van der Waals surface area contributed by atoms with E-state index in [-0.39, 0.29) is 6.42 Å². The minimum atomic E-state index is -0.945. The van der Waals surface area contributed by atoms with Crippen molar-refractivity contribution in [3.05, 3.63) is 27.7 Å². The molecule has 0 radical (unpaired) electrons. The topological polar surface area (TPSA) is 46.5 Å². The molecule has 1 N–H and O–H groups in total. The molecule has 0 aliphatic rings. The molecule has 88 valence electrons. The molecule has 0 fully saturated rings. The van der Waals surface area contributed by atoms with Gasteiger partial charge in [0.1, 0.15) is 5.75 Å². The molecule has 16 heavy (non-hydrogen) atoms. The van der Waals surface area contributed by atoms with Crippen molar-refractivity contribution in [3.63, 3.8) is 0 Å². The molecule has 0 amide bonds. The van der Waals surface area contributed by atoms with Gasteiger partial charge in [0.15, 0.2) is 0 Å². The third-order valence-electron chi connectivity index (χ3n) is 1.88. The average Bonchev–Trinajstić information content (AvgIpc) is 2.15. The van der Waals surface area contributed by atoms with Crippen LogP contribution >= 0.6 is 23.2 Å². The fraction of sp³-hybridized carbons (Fsp3) is 0.364. The monoisotopic (exact) mass is 262 g/mol. The second-order valence-corrected chi connectivity index (χ2v) is 4.14. The number of hydrogen-bond donors (Lipinski definition) is 1. The summed E-state index contributed by atoms with van der Waals surface area (Å²) in [5, 5.41) is 9.51. The number of benzene rings is 1. The molecule has 0 bridgehead atoms. The molecule has 1 aromatic carbocycles. The van der Waals surface area contributed by atoms with Crippen molar-refractivity contribution in [2.45, 2.75) is 19.8 Å². The van der Waals surface area contributed by atoms with Gasteiger partial charge in [0, 0.05) is 10.6 Å². The van der Waals surface area contributed by atoms with E-state index >= 15 is 0 Å². The van der Waals surface area contributed by atoms with Crippen LogP contribution in [0.4, 0.5) is 0 Å². The first kappa shape index (κ1) is 13.1. The molecule has 0 aliphatic heterocycles. The molecular weight excluding hydrogens is 251 g/mol. The van der Waals surface area contributed by atoms with E-state index in [2.05, 4.69) is 0 Å². The molecule has 0 saturated carbocycles. The van der Waals surface area contributed by atoms with Gasteiger partial charge in [0.25, 0.3) is 0 Å². The summed E-state index contributed by atoms with van der Waals surface area (Å²) < 4.78 is 5.42. The zero-order chi connectivity index (χ0) is 12.1. The van der Waals surface area contributed by atoms with Gasteiger partial charge in [-0.1, -0.05) is 30.1 Å². The largest absolute Gasteiger partial charge is 0.492 e. The molecule has 3 nitrogen and oxygen atoms in total. The fourth-order valence-electron chi connectivity index (χ4n) is 1.27. The number of carboxylic acids is 1. The lowest BCUT2D eigenvalue weighted by molar-refractivity contribution is -0.136. The van der Waals surface area contributed by atoms with E-state index in [0.29, 0.717) is 28.0 Å². The lowest BCUT2D eigenvalue weighted by atomic mass is 10.1. The van der Waals surface area contributed by atoms with E-state index in [1.54, 1.807) is 12.1 Å². The van der Waals surface area contributed by atoms with Crippen LogP contribution < -0.4 is 4.74 Å². The van der Waals surface area contributed by atoms with Crippen LogP contribution in [0.5, 0.6) is 5.75 Å². The quantitative estimate of drug-likeness (QED) is 0.885. The Bertz CT molecular complexity index is 391. The Balaban J connectivity index is 3.05. The molecule has 0 unspecified atom stereocenters. The Hall–Kier alpha value is -0.930. The Morgan fingerprint density at radius 2 is 2.12 bits per heavy atom. The summed E-state index contributed by atoms with van der Waals surface area (Å²) >= 11 is 11.8. The number of carboxylic acid groups (broad SMARTS) is 1. The highest BCUT2D eigenvalue weighted by molar-refractivity contribution is 6.35. The van der Waals surface area contributed by atoms with E-state index in [0.717, 1.165) is 6.42 Å². The van der Waals surface area contributed by atoms with Crippen LogP contribution in [0.25, 0.3) is 0 Å². The molecule has 0 spiro atoms. The maximum absolute atomic E-state index is 10.7. The van der Waals surface area contributed by atoms with Crippen LogP contribution in [-0.4, -0.2) is 17.7 Å². The van der Waals surface area contributed by atoms with Gasteiger partial charge in [0.2, 0.25) is 0 Å². The lowest BCUT2D eigenvalue weighted by Gasteiger charge is -2.12. The Labute approximate surface area is 104 Å². The summed E-state index contributed by atoms with van der Waals surface area (Å²) in [4.78, 5) is 10.7.